The molecule has 264 valence electrons. The molecule has 2 atom stereocenters. The van der Waals surface area contributed by atoms with Crippen LogP contribution in [0.3, 0.4) is 0 Å². The van der Waals surface area contributed by atoms with Crippen LogP contribution in [0.4, 0.5) is 0 Å². The highest BCUT2D eigenvalue weighted by atomic mass is 16.7. The van der Waals surface area contributed by atoms with Crippen molar-refractivity contribution in [2.45, 2.75) is 207 Å². The van der Waals surface area contributed by atoms with Gasteiger partial charge in [0.25, 0.3) is 0 Å². The Morgan fingerprint density at radius 2 is 0.756 bits per heavy atom. The Kier molecular flexibility index (Phi) is 34.5. The van der Waals surface area contributed by atoms with Gasteiger partial charge in [0.05, 0.1) is 12.2 Å². The maximum Gasteiger partial charge on any atom is 0.150 e. The van der Waals surface area contributed by atoms with E-state index in [2.05, 4.69) is 39.8 Å². The third-order valence-corrected chi connectivity index (χ3v) is 8.74. The molecule has 0 radical (unpaired) electrons. The van der Waals surface area contributed by atoms with E-state index in [4.69, 9.17) is 14.2 Å². The zero-order chi connectivity index (χ0) is 33.1. The van der Waals surface area contributed by atoms with Crippen molar-refractivity contribution in [1.82, 2.24) is 0 Å². The minimum absolute atomic E-state index is 0.0724. The predicted molar refractivity (Wildman–Crippen MR) is 192 cm³/mol. The van der Waals surface area contributed by atoms with Crippen LogP contribution in [0.25, 0.3) is 0 Å². The van der Waals surface area contributed by atoms with Crippen molar-refractivity contribution in [3.05, 3.63) is 23.3 Å². The van der Waals surface area contributed by atoms with Crippen molar-refractivity contribution in [3.63, 3.8) is 0 Å². The molecule has 0 bridgehead atoms. The van der Waals surface area contributed by atoms with Gasteiger partial charge in [-0.05, 0) is 38.5 Å². The predicted octanol–water partition coefficient (Wildman–Crippen LogP) is 12.2. The van der Waals surface area contributed by atoms with E-state index in [1.54, 1.807) is 0 Å². The second kappa shape index (κ2) is 35.6. The summed E-state index contributed by atoms with van der Waals surface area (Å²) in [7, 11) is 0. The van der Waals surface area contributed by atoms with Gasteiger partial charge in [0.15, 0.2) is 0 Å². The summed E-state index contributed by atoms with van der Waals surface area (Å²) in [6.45, 7) is 9.07. The van der Waals surface area contributed by atoms with Crippen molar-refractivity contribution >= 4 is 12.6 Å². The second-order valence-electron chi connectivity index (χ2n) is 12.9. The van der Waals surface area contributed by atoms with Crippen LogP contribution in [0.5, 0.6) is 0 Å². The highest BCUT2D eigenvalue weighted by Gasteiger charge is 2.17. The molecule has 5 nitrogen and oxygen atoms in total. The van der Waals surface area contributed by atoms with Gasteiger partial charge in [-0.3, -0.25) is 9.59 Å². The molecule has 0 heterocycles. The van der Waals surface area contributed by atoms with Crippen molar-refractivity contribution in [3.8, 4) is 0 Å². The molecule has 0 aromatic rings. The van der Waals surface area contributed by atoms with E-state index in [9.17, 15) is 9.59 Å². The first-order chi connectivity index (χ1) is 22.2. The van der Waals surface area contributed by atoms with Gasteiger partial charge >= 0.3 is 0 Å². The van der Waals surface area contributed by atoms with Crippen LogP contribution in [0.1, 0.15) is 195 Å². The van der Waals surface area contributed by atoms with Gasteiger partial charge in [0.1, 0.15) is 26.2 Å². The average molecular weight is 635 g/mol. The fourth-order valence-electron chi connectivity index (χ4n) is 5.75. The van der Waals surface area contributed by atoms with E-state index in [0.717, 1.165) is 87.9 Å². The molecule has 0 amide bonds. The van der Waals surface area contributed by atoms with Crippen LogP contribution in [0, 0.1) is 0 Å². The molecule has 0 rings (SSSR count). The lowest BCUT2D eigenvalue weighted by molar-refractivity contribution is -0.157. The summed E-state index contributed by atoms with van der Waals surface area (Å²) >= 11 is 0. The maximum absolute atomic E-state index is 12.1. The second-order valence-corrected chi connectivity index (χ2v) is 12.9. The Morgan fingerprint density at radius 1 is 0.444 bits per heavy atom. The lowest BCUT2D eigenvalue weighted by Crippen LogP contribution is -2.22. The first-order valence-electron chi connectivity index (χ1n) is 19.3. The van der Waals surface area contributed by atoms with Crippen LogP contribution < -0.4 is 0 Å². The Bertz CT molecular complexity index is 643. The molecule has 0 N–H and O–H groups in total. The van der Waals surface area contributed by atoms with Gasteiger partial charge in [-0.15, -0.1) is 0 Å². The summed E-state index contributed by atoms with van der Waals surface area (Å²) < 4.78 is 18.1. The first-order valence-corrected chi connectivity index (χ1v) is 19.3. The van der Waals surface area contributed by atoms with Gasteiger partial charge in [-0.1, -0.05) is 168 Å². The summed E-state index contributed by atoms with van der Waals surface area (Å²) in [4.78, 5) is 24.1. The Morgan fingerprint density at radius 3 is 1.09 bits per heavy atom. The standard InChI is InChI=1S/C40H74O5/c1-5-9-13-17-19-23-25-29-37(33-41)39(31-27-21-15-11-7-3)44-35-43-36-45-40(32-28-22-16-12-8-4)38(34-42)30-26-24-20-18-14-10-6-2/h29-30,33-34,39-40H,5-28,31-32,35-36H2,1-4H3. The summed E-state index contributed by atoms with van der Waals surface area (Å²) in [6, 6.07) is 0. The molecule has 0 saturated heterocycles. The topological polar surface area (TPSA) is 61.8 Å². The summed E-state index contributed by atoms with van der Waals surface area (Å²) in [6.07, 6.45) is 35.7. The van der Waals surface area contributed by atoms with Crippen LogP contribution >= 0.6 is 0 Å². The van der Waals surface area contributed by atoms with Crippen molar-refractivity contribution in [1.29, 1.82) is 0 Å². The molecule has 5 heteroatoms. The monoisotopic (exact) mass is 635 g/mol. The summed E-state index contributed by atoms with van der Waals surface area (Å²) in [5, 5.41) is 0. The molecule has 0 aliphatic carbocycles. The average Bonchev–Trinajstić information content (AvgIpc) is 3.05. The van der Waals surface area contributed by atoms with E-state index in [0.29, 0.717) is 0 Å². The number of unbranched alkanes of at least 4 members (excludes halogenated alkanes) is 20. The molecule has 45 heavy (non-hydrogen) atoms. The van der Waals surface area contributed by atoms with E-state index < -0.39 is 0 Å². The van der Waals surface area contributed by atoms with E-state index >= 15 is 0 Å². The largest absolute Gasteiger partial charge is 0.347 e. The van der Waals surface area contributed by atoms with Crippen LogP contribution in [-0.2, 0) is 23.8 Å². The SMILES string of the molecule is CCCCCCCCC=C(C=O)C(CCCCCCC)OCOCOC(CCCCCCC)C(C=O)=CCCCCCCCC. The van der Waals surface area contributed by atoms with Crippen LogP contribution in [0.15, 0.2) is 23.3 Å². The molecule has 0 aliphatic heterocycles. The Balaban J connectivity index is 4.99. The molecule has 2 unspecified atom stereocenters. The van der Waals surface area contributed by atoms with Crippen molar-refractivity contribution in [2.75, 3.05) is 13.6 Å². The zero-order valence-electron chi connectivity index (χ0n) is 30.3. The number of carbonyl (C=O) groups excluding carboxylic acids is 2. The van der Waals surface area contributed by atoms with Crippen molar-refractivity contribution in [2.24, 2.45) is 0 Å². The molecular weight excluding hydrogens is 560 g/mol. The smallest absolute Gasteiger partial charge is 0.150 e. The number of hydrogen-bond donors (Lipinski definition) is 0. The summed E-state index contributed by atoms with van der Waals surface area (Å²) in [5.41, 5.74) is 1.49. The normalized spacial score (nSPS) is 13.7. The van der Waals surface area contributed by atoms with Gasteiger partial charge < -0.3 is 14.2 Å². The number of allylic oxidation sites excluding steroid dienone is 2. The van der Waals surface area contributed by atoms with Gasteiger partial charge in [0, 0.05) is 11.1 Å². The Labute approximate surface area is 279 Å². The zero-order valence-corrected chi connectivity index (χ0v) is 30.3. The fraction of sp³-hybridized carbons (Fsp3) is 0.850. The van der Waals surface area contributed by atoms with Crippen LogP contribution in [-0.4, -0.2) is 38.4 Å². The van der Waals surface area contributed by atoms with Gasteiger partial charge in [-0.2, -0.15) is 0 Å². The number of aldehydes is 2. The number of carbonyl (C=O) groups is 2. The lowest BCUT2D eigenvalue weighted by atomic mass is 10.0. The third-order valence-electron chi connectivity index (χ3n) is 8.74. The molecular formula is C40H74O5. The summed E-state index contributed by atoms with van der Waals surface area (Å²) in [5.74, 6) is 0. The number of rotatable bonds is 36. The third kappa shape index (κ3) is 27.5. The van der Waals surface area contributed by atoms with Gasteiger partial charge in [-0.25, -0.2) is 0 Å². The minimum atomic E-state index is -0.249. The van der Waals surface area contributed by atoms with Crippen LogP contribution in [0.2, 0.25) is 0 Å². The minimum Gasteiger partial charge on any atom is -0.347 e. The molecule has 0 saturated carbocycles. The maximum atomic E-state index is 12.1. The molecule has 0 spiro atoms. The molecule has 0 aromatic heterocycles. The van der Waals surface area contributed by atoms with E-state index in [-0.39, 0.29) is 25.8 Å². The highest BCUT2D eigenvalue weighted by molar-refractivity contribution is 5.75. The first kappa shape index (κ1) is 43.7. The number of hydrogen-bond acceptors (Lipinski definition) is 5. The van der Waals surface area contributed by atoms with E-state index in [1.165, 1.54) is 103 Å². The lowest BCUT2D eigenvalue weighted by Gasteiger charge is -2.21. The van der Waals surface area contributed by atoms with Crippen molar-refractivity contribution < 1.29 is 23.8 Å². The fourth-order valence-corrected chi connectivity index (χ4v) is 5.75. The molecule has 0 aromatic carbocycles. The molecule has 0 fully saturated rings. The number of ether oxygens (including phenoxy) is 3. The molecule has 0 aliphatic rings. The van der Waals surface area contributed by atoms with E-state index in [1.807, 2.05) is 0 Å². The highest BCUT2D eigenvalue weighted by Crippen LogP contribution is 2.19. The van der Waals surface area contributed by atoms with Gasteiger partial charge in [0.2, 0.25) is 0 Å². The quantitative estimate of drug-likeness (QED) is 0.0297. The Hall–Kier alpha value is -1.30.